The van der Waals surface area contributed by atoms with Crippen LogP contribution >= 0.6 is 15.9 Å². The smallest absolute Gasteiger partial charge is 0.296 e. The largest absolute Gasteiger partial charge is 0.507 e. The summed E-state index contributed by atoms with van der Waals surface area (Å²) in [6.07, 6.45) is 4.88. The quantitative estimate of drug-likeness (QED) is 0.371. The summed E-state index contributed by atoms with van der Waals surface area (Å²) in [5, 5.41) is 10.9. The van der Waals surface area contributed by atoms with Crippen molar-refractivity contribution in [2.24, 2.45) is 0 Å². The number of hydrogen-bond donors (Lipinski definition) is 1. The van der Waals surface area contributed by atoms with Crippen LogP contribution in [0.25, 0.3) is 5.76 Å². The molecule has 3 aromatic rings. The number of aliphatic hydroxyl groups excluding tert-OH is 1. The summed E-state index contributed by atoms with van der Waals surface area (Å²) in [4.78, 5) is 35.6. The van der Waals surface area contributed by atoms with E-state index in [1.807, 2.05) is 6.07 Å². The Morgan fingerprint density at radius 1 is 1.03 bits per heavy atom. The van der Waals surface area contributed by atoms with Gasteiger partial charge in [-0.25, -0.2) is 0 Å². The highest BCUT2D eigenvalue weighted by molar-refractivity contribution is 9.10. The summed E-state index contributed by atoms with van der Waals surface area (Å²) in [6.45, 7) is 0.177. The monoisotopic (exact) mass is 449 g/mol. The Hall–Kier alpha value is -3.32. The molecule has 1 saturated heterocycles. The molecule has 1 N–H and O–H groups in total. The van der Waals surface area contributed by atoms with E-state index in [9.17, 15) is 14.7 Å². The lowest BCUT2D eigenvalue weighted by molar-refractivity contribution is -0.140. The standard InChI is InChI=1S/C22H16BrN3O3/c23-16-8-6-15(7-9-16)20(27)18-19(17-5-1-2-11-25-17)26(22(29)21(18)28)13-14-4-3-10-24-12-14/h1-12,19,27H,13H2/b20-18+/t19-/m1/s1. The van der Waals surface area contributed by atoms with Gasteiger partial charge in [0.05, 0.1) is 11.3 Å². The van der Waals surface area contributed by atoms with Crippen LogP contribution in [0.15, 0.2) is 83.2 Å². The molecule has 0 aliphatic carbocycles. The lowest BCUT2D eigenvalue weighted by Gasteiger charge is -2.24. The third-order valence-electron chi connectivity index (χ3n) is 4.70. The molecular weight excluding hydrogens is 434 g/mol. The van der Waals surface area contributed by atoms with E-state index in [4.69, 9.17) is 0 Å². The van der Waals surface area contributed by atoms with Crippen molar-refractivity contribution in [3.8, 4) is 0 Å². The van der Waals surface area contributed by atoms with E-state index in [1.165, 1.54) is 4.90 Å². The number of aromatic nitrogens is 2. The maximum Gasteiger partial charge on any atom is 0.296 e. The molecule has 0 bridgehead atoms. The van der Waals surface area contributed by atoms with Crippen LogP contribution in [0, 0.1) is 0 Å². The van der Waals surface area contributed by atoms with Crippen LogP contribution in [0.4, 0.5) is 0 Å². The van der Waals surface area contributed by atoms with Gasteiger partial charge in [-0.3, -0.25) is 19.6 Å². The van der Waals surface area contributed by atoms with Crippen LogP contribution in [-0.2, 0) is 16.1 Å². The minimum absolute atomic E-state index is 0.0277. The number of likely N-dealkylation sites (tertiary alicyclic amines) is 1. The predicted octanol–water partition coefficient (Wildman–Crippen LogP) is 3.86. The number of hydrogen-bond acceptors (Lipinski definition) is 5. The number of carbonyl (C=O) groups excluding carboxylic acids is 2. The lowest BCUT2D eigenvalue weighted by atomic mass is 9.98. The van der Waals surface area contributed by atoms with E-state index in [0.717, 1.165) is 10.0 Å². The minimum atomic E-state index is -0.792. The van der Waals surface area contributed by atoms with Crippen molar-refractivity contribution in [3.05, 3.63) is 100 Å². The van der Waals surface area contributed by atoms with E-state index < -0.39 is 17.7 Å². The minimum Gasteiger partial charge on any atom is -0.507 e. The van der Waals surface area contributed by atoms with Crippen LogP contribution in [0.1, 0.15) is 22.9 Å². The third-order valence-corrected chi connectivity index (χ3v) is 5.23. The van der Waals surface area contributed by atoms with Gasteiger partial charge in [0.15, 0.2) is 0 Å². The molecule has 0 unspecified atom stereocenters. The Morgan fingerprint density at radius 2 is 1.83 bits per heavy atom. The molecule has 0 spiro atoms. The molecule has 2 aromatic heterocycles. The summed E-state index contributed by atoms with van der Waals surface area (Å²) in [6, 6.07) is 15.0. The normalized spacial score (nSPS) is 18.2. The summed E-state index contributed by atoms with van der Waals surface area (Å²) in [5.41, 5.74) is 1.77. The highest BCUT2D eigenvalue weighted by Crippen LogP contribution is 2.39. The fourth-order valence-corrected chi connectivity index (χ4v) is 3.60. The molecule has 3 heterocycles. The summed E-state index contributed by atoms with van der Waals surface area (Å²) >= 11 is 3.35. The van der Waals surface area contributed by atoms with Crippen molar-refractivity contribution in [2.75, 3.05) is 0 Å². The maximum atomic E-state index is 12.9. The van der Waals surface area contributed by atoms with Gasteiger partial charge in [0, 0.05) is 35.2 Å². The second kappa shape index (κ2) is 7.97. The van der Waals surface area contributed by atoms with Crippen molar-refractivity contribution in [1.82, 2.24) is 14.9 Å². The molecule has 1 aromatic carbocycles. The molecule has 1 aliphatic rings. The highest BCUT2D eigenvalue weighted by Gasteiger charge is 2.46. The highest BCUT2D eigenvalue weighted by atomic mass is 79.9. The first-order valence-electron chi connectivity index (χ1n) is 8.90. The molecule has 7 heteroatoms. The number of ketones is 1. The lowest BCUT2D eigenvalue weighted by Crippen LogP contribution is -2.29. The first kappa shape index (κ1) is 19.0. The van der Waals surface area contributed by atoms with E-state index in [0.29, 0.717) is 11.3 Å². The number of Topliss-reactive ketones (excluding diaryl/α,β-unsaturated/α-hetero) is 1. The molecule has 0 saturated carbocycles. The second-order valence-corrected chi connectivity index (χ2v) is 7.47. The van der Waals surface area contributed by atoms with Gasteiger partial charge >= 0.3 is 0 Å². The SMILES string of the molecule is O=C1C(=O)N(Cc2cccnc2)[C@H](c2ccccn2)/C1=C(\O)c1ccc(Br)cc1. The summed E-state index contributed by atoms with van der Waals surface area (Å²) < 4.78 is 0.840. The number of aliphatic hydroxyl groups is 1. The van der Waals surface area contributed by atoms with Crippen LogP contribution < -0.4 is 0 Å². The zero-order valence-corrected chi connectivity index (χ0v) is 16.8. The van der Waals surface area contributed by atoms with Crippen molar-refractivity contribution < 1.29 is 14.7 Å². The molecule has 0 radical (unpaired) electrons. The number of halogens is 1. The van der Waals surface area contributed by atoms with E-state index in [2.05, 4.69) is 25.9 Å². The maximum absolute atomic E-state index is 12.9. The van der Waals surface area contributed by atoms with Gasteiger partial charge in [0.25, 0.3) is 11.7 Å². The van der Waals surface area contributed by atoms with Gasteiger partial charge < -0.3 is 10.0 Å². The molecule has 1 amide bonds. The van der Waals surface area contributed by atoms with Crippen molar-refractivity contribution in [1.29, 1.82) is 0 Å². The molecule has 1 atom stereocenters. The Morgan fingerprint density at radius 3 is 2.48 bits per heavy atom. The topological polar surface area (TPSA) is 83.4 Å². The van der Waals surface area contributed by atoms with Crippen molar-refractivity contribution in [2.45, 2.75) is 12.6 Å². The average molecular weight is 450 g/mol. The van der Waals surface area contributed by atoms with Gasteiger partial charge in [-0.1, -0.05) is 40.2 Å². The molecule has 29 heavy (non-hydrogen) atoms. The molecule has 4 rings (SSSR count). The second-order valence-electron chi connectivity index (χ2n) is 6.55. The van der Waals surface area contributed by atoms with Gasteiger partial charge in [-0.15, -0.1) is 0 Å². The number of nitrogens with zero attached hydrogens (tertiary/aromatic N) is 3. The molecule has 1 aliphatic heterocycles. The fourth-order valence-electron chi connectivity index (χ4n) is 3.34. The molecular formula is C22H16BrN3O3. The number of pyridine rings is 2. The molecule has 1 fully saturated rings. The van der Waals surface area contributed by atoms with E-state index in [-0.39, 0.29) is 17.9 Å². The van der Waals surface area contributed by atoms with E-state index >= 15 is 0 Å². The van der Waals surface area contributed by atoms with E-state index in [1.54, 1.807) is 67.1 Å². The average Bonchev–Trinajstić information content (AvgIpc) is 3.00. The Bertz CT molecular complexity index is 1080. The number of benzene rings is 1. The van der Waals surface area contributed by atoms with Crippen molar-refractivity contribution >= 4 is 33.4 Å². The summed E-state index contributed by atoms with van der Waals surface area (Å²) in [7, 11) is 0. The summed E-state index contributed by atoms with van der Waals surface area (Å²) in [5.74, 6) is -1.63. The van der Waals surface area contributed by atoms with Crippen LogP contribution in [0.2, 0.25) is 0 Å². The zero-order chi connectivity index (χ0) is 20.4. The Balaban J connectivity index is 1.85. The van der Waals surface area contributed by atoms with Crippen LogP contribution in [0.5, 0.6) is 0 Å². The predicted molar refractivity (Wildman–Crippen MR) is 110 cm³/mol. The molecule has 6 nitrogen and oxygen atoms in total. The van der Waals surface area contributed by atoms with Crippen LogP contribution in [0.3, 0.4) is 0 Å². The number of amides is 1. The van der Waals surface area contributed by atoms with Gasteiger partial charge in [-0.05, 0) is 35.9 Å². The Labute approximate surface area is 175 Å². The number of carbonyl (C=O) groups is 2. The first-order valence-corrected chi connectivity index (χ1v) is 9.70. The Kier molecular flexibility index (Phi) is 5.22. The van der Waals surface area contributed by atoms with Gasteiger partial charge in [-0.2, -0.15) is 0 Å². The first-order chi connectivity index (χ1) is 14.1. The zero-order valence-electron chi connectivity index (χ0n) is 15.2. The van der Waals surface area contributed by atoms with Gasteiger partial charge in [0.2, 0.25) is 0 Å². The van der Waals surface area contributed by atoms with Gasteiger partial charge in [0.1, 0.15) is 11.8 Å². The number of rotatable bonds is 4. The van der Waals surface area contributed by atoms with Crippen LogP contribution in [-0.4, -0.2) is 31.7 Å². The van der Waals surface area contributed by atoms with Crippen molar-refractivity contribution in [3.63, 3.8) is 0 Å². The molecule has 144 valence electrons. The third kappa shape index (κ3) is 3.69. The fraction of sp³-hybridized carbons (Fsp3) is 0.0909.